The Bertz CT molecular complexity index is 504. The molecule has 3 heteroatoms. The summed E-state index contributed by atoms with van der Waals surface area (Å²) in [5.74, 6) is 0. The minimum atomic E-state index is 0.535. The summed E-state index contributed by atoms with van der Waals surface area (Å²) in [7, 11) is 4.29. The molecule has 0 aliphatic carbocycles. The Hall–Kier alpha value is -0.900. The standard InChI is InChI=1S/C16H24N2S/c1-4-9-17-14(11-18(2)3)10-13-12-19-16-8-6-5-7-15(13)16/h5-8,12,14,17H,4,9-11H2,1-3H3. The minimum Gasteiger partial charge on any atom is -0.312 e. The number of hydrogen-bond acceptors (Lipinski definition) is 3. The lowest BCUT2D eigenvalue weighted by molar-refractivity contribution is 0.336. The van der Waals surface area contributed by atoms with E-state index in [1.165, 1.54) is 22.1 Å². The molecule has 1 atom stereocenters. The molecular weight excluding hydrogens is 252 g/mol. The van der Waals surface area contributed by atoms with Crippen LogP contribution in [0.2, 0.25) is 0 Å². The summed E-state index contributed by atoms with van der Waals surface area (Å²) < 4.78 is 1.40. The van der Waals surface area contributed by atoms with Gasteiger partial charge in [-0.3, -0.25) is 0 Å². The lowest BCUT2D eigenvalue weighted by atomic mass is 10.0. The van der Waals surface area contributed by atoms with E-state index in [4.69, 9.17) is 0 Å². The highest BCUT2D eigenvalue weighted by molar-refractivity contribution is 7.17. The lowest BCUT2D eigenvalue weighted by Gasteiger charge is -2.22. The van der Waals surface area contributed by atoms with Crippen molar-refractivity contribution in [1.29, 1.82) is 0 Å². The molecule has 1 unspecified atom stereocenters. The number of rotatable bonds is 7. The molecule has 0 amide bonds. The summed E-state index contributed by atoms with van der Waals surface area (Å²) in [6, 6.07) is 9.25. The van der Waals surface area contributed by atoms with Gasteiger partial charge >= 0.3 is 0 Å². The highest BCUT2D eigenvalue weighted by Crippen LogP contribution is 2.26. The van der Waals surface area contributed by atoms with Crippen molar-refractivity contribution in [3.8, 4) is 0 Å². The molecule has 0 radical (unpaired) electrons. The molecule has 1 aromatic carbocycles. The maximum absolute atomic E-state index is 3.67. The zero-order chi connectivity index (χ0) is 13.7. The van der Waals surface area contributed by atoms with E-state index in [1.807, 2.05) is 11.3 Å². The van der Waals surface area contributed by atoms with Gasteiger partial charge in [-0.25, -0.2) is 0 Å². The largest absolute Gasteiger partial charge is 0.312 e. The Morgan fingerprint density at radius 3 is 2.79 bits per heavy atom. The van der Waals surface area contributed by atoms with Crippen LogP contribution in [0.25, 0.3) is 10.1 Å². The van der Waals surface area contributed by atoms with E-state index in [1.54, 1.807) is 0 Å². The second-order valence-electron chi connectivity index (χ2n) is 5.37. The highest BCUT2D eigenvalue weighted by atomic mass is 32.1. The first kappa shape index (κ1) is 14.5. The third kappa shape index (κ3) is 4.03. The molecule has 19 heavy (non-hydrogen) atoms. The number of nitrogens with one attached hydrogen (secondary N) is 1. The lowest BCUT2D eigenvalue weighted by Crippen LogP contribution is -2.40. The normalized spacial score (nSPS) is 13.3. The molecule has 0 fully saturated rings. The fraction of sp³-hybridized carbons (Fsp3) is 0.500. The van der Waals surface area contributed by atoms with Crippen molar-refractivity contribution in [2.75, 3.05) is 27.2 Å². The van der Waals surface area contributed by atoms with Crippen molar-refractivity contribution in [1.82, 2.24) is 10.2 Å². The molecule has 0 aliphatic heterocycles. The minimum absolute atomic E-state index is 0.535. The van der Waals surface area contributed by atoms with Gasteiger partial charge in [0.15, 0.2) is 0 Å². The quantitative estimate of drug-likeness (QED) is 0.834. The summed E-state index contributed by atoms with van der Waals surface area (Å²) >= 11 is 1.86. The molecule has 0 saturated carbocycles. The predicted octanol–water partition coefficient (Wildman–Crippen LogP) is 3.37. The molecule has 0 saturated heterocycles. The van der Waals surface area contributed by atoms with Crippen LogP contribution in [0.4, 0.5) is 0 Å². The van der Waals surface area contributed by atoms with Gasteiger partial charge in [0.25, 0.3) is 0 Å². The SMILES string of the molecule is CCCNC(Cc1csc2ccccc12)CN(C)C. The van der Waals surface area contributed by atoms with E-state index in [0.29, 0.717) is 6.04 Å². The van der Waals surface area contributed by atoms with Crippen molar-refractivity contribution in [2.45, 2.75) is 25.8 Å². The van der Waals surface area contributed by atoms with Crippen molar-refractivity contribution < 1.29 is 0 Å². The van der Waals surface area contributed by atoms with Gasteiger partial charge < -0.3 is 10.2 Å². The van der Waals surface area contributed by atoms with Gasteiger partial charge in [0, 0.05) is 17.3 Å². The first-order valence-corrected chi connectivity index (χ1v) is 7.92. The monoisotopic (exact) mass is 276 g/mol. The number of nitrogens with zero attached hydrogens (tertiary/aromatic N) is 1. The average Bonchev–Trinajstić information content (AvgIpc) is 2.79. The zero-order valence-corrected chi connectivity index (χ0v) is 13.0. The molecule has 2 nitrogen and oxygen atoms in total. The molecule has 2 aromatic rings. The molecule has 2 rings (SSSR count). The number of fused-ring (bicyclic) bond motifs is 1. The smallest absolute Gasteiger partial charge is 0.0345 e. The van der Waals surface area contributed by atoms with E-state index < -0.39 is 0 Å². The molecule has 1 N–H and O–H groups in total. The van der Waals surface area contributed by atoms with E-state index in [0.717, 1.165) is 19.5 Å². The second-order valence-corrected chi connectivity index (χ2v) is 6.29. The number of thiophene rings is 1. The number of benzene rings is 1. The Morgan fingerprint density at radius 2 is 2.05 bits per heavy atom. The van der Waals surface area contributed by atoms with Gasteiger partial charge in [-0.2, -0.15) is 0 Å². The maximum atomic E-state index is 3.67. The predicted molar refractivity (Wildman–Crippen MR) is 86.2 cm³/mol. The molecule has 1 aromatic heterocycles. The van der Waals surface area contributed by atoms with Crippen LogP contribution in [0.5, 0.6) is 0 Å². The fourth-order valence-electron chi connectivity index (χ4n) is 2.45. The third-order valence-corrected chi connectivity index (χ3v) is 4.31. The van der Waals surface area contributed by atoms with Crippen molar-refractivity contribution in [3.63, 3.8) is 0 Å². The van der Waals surface area contributed by atoms with Crippen LogP contribution in [-0.4, -0.2) is 38.1 Å². The fourth-order valence-corrected chi connectivity index (χ4v) is 3.42. The van der Waals surface area contributed by atoms with E-state index in [2.05, 4.69) is 60.9 Å². The Morgan fingerprint density at radius 1 is 1.26 bits per heavy atom. The van der Waals surface area contributed by atoms with E-state index in [9.17, 15) is 0 Å². The van der Waals surface area contributed by atoms with Gasteiger partial charge in [-0.1, -0.05) is 25.1 Å². The van der Waals surface area contributed by atoms with Crippen LogP contribution >= 0.6 is 11.3 Å². The molecule has 0 aliphatic rings. The topological polar surface area (TPSA) is 15.3 Å². The van der Waals surface area contributed by atoms with Crippen LogP contribution < -0.4 is 5.32 Å². The van der Waals surface area contributed by atoms with Crippen molar-refractivity contribution >= 4 is 21.4 Å². The third-order valence-electron chi connectivity index (χ3n) is 3.30. The molecular formula is C16H24N2S. The van der Waals surface area contributed by atoms with Gasteiger partial charge in [0.05, 0.1) is 0 Å². The van der Waals surface area contributed by atoms with Crippen LogP contribution in [0, 0.1) is 0 Å². The van der Waals surface area contributed by atoms with Crippen molar-refractivity contribution in [2.24, 2.45) is 0 Å². The average molecular weight is 276 g/mol. The van der Waals surface area contributed by atoms with E-state index >= 15 is 0 Å². The molecule has 1 heterocycles. The number of hydrogen-bond donors (Lipinski definition) is 1. The van der Waals surface area contributed by atoms with E-state index in [-0.39, 0.29) is 0 Å². The molecule has 104 valence electrons. The van der Waals surface area contributed by atoms with Crippen LogP contribution in [-0.2, 0) is 6.42 Å². The van der Waals surface area contributed by atoms with Gasteiger partial charge in [-0.05, 0) is 55.9 Å². The van der Waals surface area contributed by atoms with Crippen molar-refractivity contribution in [3.05, 3.63) is 35.2 Å². The maximum Gasteiger partial charge on any atom is 0.0345 e. The van der Waals surface area contributed by atoms with Crippen LogP contribution in [0.1, 0.15) is 18.9 Å². The number of likely N-dealkylation sites (N-methyl/N-ethyl adjacent to an activating group) is 1. The summed E-state index contributed by atoms with van der Waals surface area (Å²) in [6.07, 6.45) is 2.30. The van der Waals surface area contributed by atoms with Crippen LogP contribution in [0.3, 0.4) is 0 Å². The molecule has 0 spiro atoms. The first-order chi connectivity index (χ1) is 9.20. The van der Waals surface area contributed by atoms with Crippen LogP contribution in [0.15, 0.2) is 29.6 Å². The summed E-state index contributed by atoms with van der Waals surface area (Å²) in [6.45, 7) is 4.41. The Balaban J connectivity index is 2.11. The molecule has 0 bridgehead atoms. The first-order valence-electron chi connectivity index (χ1n) is 7.04. The Kier molecular flexibility index (Phi) is 5.37. The Labute approximate surface area is 120 Å². The highest BCUT2D eigenvalue weighted by Gasteiger charge is 2.12. The second kappa shape index (κ2) is 7.04. The van der Waals surface area contributed by atoms with Gasteiger partial charge in [0.1, 0.15) is 0 Å². The van der Waals surface area contributed by atoms with Gasteiger partial charge in [0.2, 0.25) is 0 Å². The summed E-state index contributed by atoms with van der Waals surface area (Å²) in [5.41, 5.74) is 1.48. The van der Waals surface area contributed by atoms with Gasteiger partial charge in [-0.15, -0.1) is 11.3 Å². The summed E-state index contributed by atoms with van der Waals surface area (Å²) in [5, 5.41) is 7.41. The zero-order valence-electron chi connectivity index (χ0n) is 12.1. The summed E-state index contributed by atoms with van der Waals surface area (Å²) in [4.78, 5) is 2.27.